The Kier molecular flexibility index (Phi) is 3.98. The molecule has 0 unspecified atom stereocenters. The Hall–Kier alpha value is -3.38. The predicted molar refractivity (Wildman–Crippen MR) is 107 cm³/mol. The van der Waals surface area contributed by atoms with Crippen LogP contribution in [0.25, 0.3) is 33.3 Å². The molecule has 0 spiro atoms. The maximum Gasteiger partial charge on any atom is 0.179 e. The molecule has 0 bridgehead atoms. The summed E-state index contributed by atoms with van der Waals surface area (Å²) in [6.45, 7) is 0.221. The standard InChI is InChI=1S/C21H13ClFN5/c22-16-5-1-3-14(10-16)18-6-7-19-21(25-18)28(27-26-19)12-15-9-13-4-2-8-24-20(13)11-17(15)23/h1-11H,12H2. The van der Waals surface area contributed by atoms with E-state index in [1.54, 1.807) is 16.9 Å². The Morgan fingerprint density at radius 3 is 2.79 bits per heavy atom. The Morgan fingerprint density at radius 1 is 0.964 bits per heavy atom. The minimum absolute atomic E-state index is 0.221. The van der Waals surface area contributed by atoms with Crippen molar-refractivity contribution >= 4 is 33.7 Å². The average molecular weight is 390 g/mol. The van der Waals surface area contributed by atoms with Gasteiger partial charge in [-0.1, -0.05) is 35.0 Å². The number of hydrogen-bond acceptors (Lipinski definition) is 4. The summed E-state index contributed by atoms with van der Waals surface area (Å²) in [5.41, 5.74) is 4.00. The molecule has 7 heteroatoms. The van der Waals surface area contributed by atoms with Crippen LogP contribution in [0.4, 0.5) is 4.39 Å². The molecule has 3 heterocycles. The number of benzene rings is 2. The van der Waals surface area contributed by atoms with Gasteiger partial charge in [-0.3, -0.25) is 4.98 Å². The highest BCUT2D eigenvalue weighted by atomic mass is 35.5. The van der Waals surface area contributed by atoms with E-state index in [0.717, 1.165) is 16.6 Å². The van der Waals surface area contributed by atoms with Crippen molar-refractivity contribution in [2.75, 3.05) is 0 Å². The lowest BCUT2D eigenvalue weighted by Crippen LogP contribution is -2.05. The van der Waals surface area contributed by atoms with Gasteiger partial charge in [0.25, 0.3) is 0 Å². The second kappa shape index (κ2) is 6.65. The van der Waals surface area contributed by atoms with E-state index >= 15 is 0 Å². The summed E-state index contributed by atoms with van der Waals surface area (Å²) in [6.07, 6.45) is 1.65. The third kappa shape index (κ3) is 2.97. The zero-order valence-electron chi connectivity index (χ0n) is 14.5. The second-order valence-electron chi connectivity index (χ2n) is 6.44. The van der Waals surface area contributed by atoms with E-state index in [9.17, 15) is 4.39 Å². The molecule has 5 aromatic rings. The number of rotatable bonds is 3. The molecular formula is C21H13ClFN5. The molecule has 0 N–H and O–H groups in total. The summed E-state index contributed by atoms with van der Waals surface area (Å²) in [6, 6.07) is 18.1. The monoisotopic (exact) mass is 389 g/mol. The molecule has 0 radical (unpaired) electrons. The first-order valence-electron chi connectivity index (χ1n) is 8.67. The Morgan fingerprint density at radius 2 is 1.89 bits per heavy atom. The second-order valence-corrected chi connectivity index (χ2v) is 6.87. The van der Waals surface area contributed by atoms with E-state index < -0.39 is 0 Å². The molecule has 0 fully saturated rings. The number of aromatic nitrogens is 5. The number of halogens is 2. The molecule has 28 heavy (non-hydrogen) atoms. The average Bonchev–Trinajstić information content (AvgIpc) is 3.10. The normalized spacial score (nSPS) is 11.4. The lowest BCUT2D eigenvalue weighted by Gasteiger charge is -2.07. The van der Waals surface area contributed by atoms with Gasteiger partial charge in [-0.2, -0.15) is 0 Å². The molecule has 0 aliphatic rings. The molecule has 3 aromatic heterocycles. The van der Waals surface area contributed by atoms with E-state index in [1.165, 1.54) is 6.07 Å². The van der Waals surface area contributed by atoms with Gasteiger partial charge in [-0.05, 0) is 36.4 Å². The minimum atomic E-state index is -0.333. The first-order chi connectivity index (χ1) is 13.7. The smallest absolute Gasteiger partial charge is 0.179 e. The molecule has 0 saturated carbocycles. The summed E-state index contributed by atoms with van der Waals surface area (Å²) in [5, 5.41) is 9.82. The van der Waals surface area contributed by atoms with Gasteiger partial charge in [-0.25, -0.2) is 14.1 Å². The number of pyridine rings is 2. The van der Waals surface area contributed by atoms with Crippen LogP contribution >= 0.6 is 11.6 Å². The van der Waals surface area contributed by atoms with Crippen molar-refractivity contribution in [1.29, 1.82) is 0 Å². The molecule has 0 atom stereocenters. The molecular weight excluding hydrogens is 377 g/mol. The van der Waals surface area contributed by atoms with E-state index in [-0.39, 0.29) is 12.4 Å². The van der Waals surface area contributed by atoms with Crippen molar-refractivity contribution in [2.45, 2.75) is 6.54 Å². The summed E-state index contributed by atoms with van der Waals surface area (Å²) in [4.78, 5) is 8.86. The van der Waals surface area contributed by atoms with Gasteiger partial charge in [0.1, 0.15) is 11.3 Å². The summed E-state index contributed by atoms with van der Waals surface area (Å²) < 4.78 is 16.2. The molecule has 0 saturated heterocycles. The van der Waals surface area contributed by atoms with Crippen molar-refractivity contribution < 1.29 is 4.39 Å². The number of fused-ring (bicyclic) bond motifs is 2. The lowest BCUT2D eigenvalue weighted by atomic mass is 10.1. The van der Waals surface area contributed by atoms with Crippen LogP contribution in [-0.2, 0) is 6.54 Å². The van der Waals surface area contributed by atoms with Crippen LogP contribution in [0.2, 0.25) is 5.02 Å². The van der Waals surface area contributed by atoms with Gasteiger partial charge in [0, 0.05) is 33.8 Å². The molecule has 0 amide bonds. The maximum absolute atomic E-state index is 14.6. The molecule has 136 valence electrons. The van der Waals surface area contributed by atoms with Crippen molar-refractivity contribution in [3.05, 3.63) is 83.3 Å². The lowest BCUT2D eigenvalue weighted by molar-refractivity contribution is 0.583. The first-order valence-corrected chi connectivity index (χ1v) is 9.04. The van der Waals surface area contributed by atoms with Gasteiger partial charge in [0.15, 0.2) is 5.65 Å². The highest BCUT2D eigenvalue weighted by Crippen LogP contribution is 2.24. The fraction of sp³-hybridized carbons (Fsp3) is 0.0476. The Labute approximate surface area is 164 Å². The minimum Gasteiger partial charge on any atom is -0.256 e. The Bertz CT molecular complexity index is 1330. The first kappa shape index (κ1) is 16.8. The predicted octanol–water partition coefficient (Wildman–Crippen LogP) is 4.88. The topological polar surface area (TPSA) is 56.5 Å². The molecule has 2 aromatic carbocycles. The zero-order valence-corrected chi connectivity index (χ0v) is 15.3. The van der Waals surface area contributed by atoms with E-state index in [0.29, 0.717) is 27.3 Å². The van der Waals surface area contributed by atoms with Gasteiger partial charge < -0.3 is 0 Å². The molecule has 5 rings (SSSR count). The fourth-order valence-electron chi connectivity index (χ4n) is 3.19. The zero-order chi connectivity index (χ0) is 19.1. The largest absolute Gasteiger partial charge is 0.256 e. The van der Waals surface area contributed by atoms with E-state index in [4.69, 9.17) is 11.6 Å². The van der Waals surface area contributed by atoms with E-state index in [1.807, 2.05) is 48.5 Å². The molecule has 5 nitrogen and oxygen atoms in total. The molecule has 0 aliphatic heterocycles. The van der Waals surface area contributed by atoms with Crippen molar-refractivity contribution in [2.24, 2.45) is 0 Å². The highest BCUT2D eigenvalue weighted by Gasteiger charge is 2.12. The summed E-state index contributed by atoms with van der Waals surface area (Å²) >= 11 is 6.09. The molecule has 0 aliphatic carbocycles. The van der Waals surface area contributed by atoms with Gasteiger partial charge in [-0.15, -0.1) is 5.10 Å². The van der Waals surface area contributed by atoms with Crippen LogP contribution in [0.15, 0.2) is 66.9 Å². The fourth-order valence-corrected chi connectivity index (χ4v) is 3.38. The van der Waals surface area contributed by atoms with Crippen LogP contribution < -0.4 is 0 Å². The summed E-state index contributed by atoms with van der Waals surface area (Å²) in [7, 11) is 0. The van der Waals surface area contributed by atoms with Gasteiger partial charge >= 0.3 is 0 Å². The highest BCUT2D eigenvalue weighted by molar-refractivity contribution is 6.30. The maximum atomic E-state index is 14.6. The van der Waals surface area contributed by atoms with E-state index in [2.05, 4.69) is 20.3 Å². The van der Waals surface area contributed by atoms with Crippen molar-refractivity contribution in [3.8, 4) is 11.3 Å². The van der Waals surface area contributed by atoms with Crippen molar-refractivity contribution in [1.82, 2.24) is 25.0 Å². The van der Waals surface area contributed by atoms with Gasteiger partial charge in [0.05, 0.1) is 17.8 Å². The van der Waals surface area contributed by atoms with Crippen LogP contribution in [0, 0.1) is 5.82 Å². The third-order valence-electron chi connectivity index (χ3n) is 4.57. The van der Waals surface area contributed by atoms with Crippen molar-refractivity contribution in [3.63, 3.8) is 0 Å². The van der Waals surface area contributed by atoms with Crippen LogP contribution in [0.3, 0.4) is 0 Å². The Balaban J connectivity index is 1.58. The van der Waals surface area contributed by atoms with Crippen LogP contribution in [0.1, 0.15) is 5.56 Å². The summed E-state index contributed by atoms with van der Waals surface area (Å²) in [5.74, 6) is -0.333. The third-order valence-corrected chi connectivity index (χ3v) is 4.81. The SMILES string of the molecule is Fc1cc2ncccc2cc1Cn1nnc2ccc(-c3cccc(Cl)c3)nc21. The van der Waals surface area contributed by atoms with Crippen LogP contribution in [-0.4, -0.2) is 25.0 Å². The van der Waals surface area contributed by atoms with Gasteiger partial charge in [0.2, 0.25) is 0 Å². The quantitative estimate of drug-likeness (QED) is 0.441. The number of hydrogen-bond donors (Lipinski definition) is 0. The number of nitrogens with zero attached hydrogens (tertiary/aromatic N) is 5. The van der Waals surface area contributed by atoms with Crippen LogP contribution in [0.5, 0.6) is 0 Å².